The number of ketones is 1. The summed E-state index contributed by atoms with van der Waals surface area (Å²) in [5.41, 5.74) is 0.308. The first kappa shape index (κ1) is 17.6. The molecule has 6 heteroatoms. The van der Waals surface area contributed by atoms with Crippen LogP contribution in [0.15, 0.2) is 47.3 Å². The first-order valence-electron chi connectivity index (χ1n) is 7.73. The summed E-state index contributed by atoms with van der Waals surface area (Å²) >= 11 is 0. The molecule has 6 nitrogen and oxygen atoms in total. The van der Waals surface area contributed by atoms with Gasteiger partial charge in [-0.2, -0.15) is 0 Å². The molecule has 2 rings (SSSR count). The van der Waals surface area contributed by atoms with E-state index in [-0.39, 0.29) is 11.3 Å². The number of carbonyl (C=O) groups is 2. The zero-order valence-electron chi connectivity index (χ0n) is 13.7. The van der Waals surface area contributed by atoms with E-state index >= 15 is 0 Å². The molecule has 1 heterocycles. The SMILES string of the molecule is CCNC(Cc1ccccc1)C(=O)c1ccc(C)n(C(=O)O)c1=O. The number of rotatable bonds is 6. The minimum Gasteiger partial charge on any atom is -0.464 e. The highest BCUT2D eigenvalue weighted by Crippen LogP contribution is 2.08. The number of carbonyl (C=O) groups excluding carboxylic acids is 1. The van der Waals surface area contributed by atoms with E-state index in [1.165, 1.54) is 19.1 Å². The molecule has 1 atom stereocenters. The molecule has 0 fully saturated rings. The van der Waals surface area contributed by atoms with Crippen LogP contribution in [0.5, 0.6) is 0 Å². The van der Waals surface area contributed by atoms with Crippen molar-refractivity contribution in [3.8, 4) is 0 Å². The number of nitrogens with one attached hydrogen (secondary N) is 1. The molecular formula is C18H20N2O4. The molecular weight excluding hydrogens is 308 g/mol. The van der Waals surface area contributed by atoms with Gasteiger partial charge in [0, 0.05) is 5.69 Å². The van der Waals surface area contributed by atoms with Crippen LogP contribution in [0.1, 0.15) is 28.5 Å². The summed E-state index contributed by atoms with van der Waals surface area (Å²) in [6.45, 7) is 3.94. The number of Topliss-reactive ketones (excluding diaryl/α,β-unsaturated/α-hetero) is 1. The largest absolute Gasteiger partial charge is 0.464 e. The number of benzene rings is 1. The number of pyridine rings is 1. The fourth-order valence-corrected chi connectivity index (χ4v) is 2.60. The summed E-state index contributed by atoms with van der Waals surface area (Å²) in [5, 5.41) is 12.2. The second-order valence-electron chi connectivity index (χ2n) is 5.48. The average molecular weight is 328 g/mol. The Labute approximate surface area is 139 Å². The molecule has 1 aromatic heterocycles. The van der Waals surface area contributed by atoms with Crippen LogP contribution in [-0.2, 0) is 6.42 Å². The van der Waals surface area contributed by atoms with E-state index < -0.39 is 23.5 Å². The molecule has 0 amide bonds. The standard InChI is InChI=1S/C18H20N2O4/c1-3-19-15(11-13-7-5-4-6-8-13)16(21)14-10-9-12(2)20(17(14)22)18(23)24/h4-10,15,19H,3,11H2,1-2H3,(H,23,24). The summed E-state index contributed by atoms with van der Waals surface area (Å²) < 4.78 is 0.596. The minimum absolute atomic E-state index is 0.120. The molecule has 0 aliphatic rings. The van der Waals surface area contributed by atoms with Gasteiger partial charge in [-0.05, 0) is 37.6 Å². The van der Waals surface area contributed by atoms with Crippen LogP contribution < -0.4 is 10.9 Å². The van der Waals surface area contributed by atoms with Crippen molar-refractivity contribution in [3.63, 3.8) is 0 Å². The maximum absolute atomic E-state index is 12.8. The number of hydrogen-bond donors (Lipinski definition) is 2. The first-order chi connectivity index (χ1) is 11.5. The fraction of sp³-hybridized carbons (Fsp3) is 0.278. The molecule has 0 aliphatic heterocycles. The van der Waals surface area contributed by atoms with Crippen LogP contribution in [0, 0.1) is 6.92 Å². The lowest BCUT2D eigenvalue weighted by molar-refractivity contribution is 0.0941. The maximum Gasteiger partial charge on any atom is 0.418 e. The second kappa shape index (κ2) is 7.70. The molecule has 0 bridgehead atoms. The van der Waals surface area contributed by atoms with Crippen LogP contribution >= 0.6 is 0 Å². The summed E-state index contributed by atoms with van der Waals surface area (Å²) in [6.07, 6.45) is -0.969. The van der Waals surface area contributed by atoms with Crippen molar-refractivity contribution in [2.75, 3.05) is 6.54 Å². The third kappa shape index (κ3) is 3.78. The van der Waals surface area contributed by atoms with Gasteiger partial charge in [0.25, 0.3) is 5.56 Å². The highest BCUT2D eigenvalue weighted by Gasteiger charge is 2.24. The smallest absolute Gasteiger partial charge is 0.418 e. The number of nitrogens with zero attached hydrogens (tertiary/aromatic N) is 1. The van der Waals surface area contributed by atoms with E-state index in [0.717, 1.165) is 5.56 Å². The Balaban J connectivity index is 2.39. The van der Waals surface area contributed by atoms with Gasteiger partial charge in [-0.1, -0.05) is 37.3 Å². The lowest BCUT2D eigenvalue weighted by Crippen LogP contribution is -2.42. The van der Waals surface area contributed by atoms with Crippen molar-refractivity contribution in [2.45, 2.75) is 26.3 Å². The van der Waals surface area contributed by atoms with E-state index in [0.29, 0.717) is 17.5 Å². The molecule has 1 unspecified atom stereocenters. The monoisotopic (exact) mass is 328 g/mol. The molecule has 24 heavy (non-hydrogen) atoms. The van der Waals surface area contributed by atoms with Crippen LogP contribution in [0.3, 0.4) is 0 Å². The van der Waals surface area contributed by atoms with E-state index in [4.69, 9.17) is 5.11 Å². The Morgan fingerprint density at radius 1 is 1.17 bits per heavy atom. The summed E-state index contributed by atoms with van der Waals surface area (Å²) in [4.78, 5) is 36.4. The predicted octanol–water partition coefficient (Wildman–Crippen LogP) is 2.09. The van der Waals surface area contributed by atoms with Gasteiger partial charge in [0.2, 0.25) is 0 Å². The van der Waals surface area contributed by atoms with E-state index in [1.807, 2.05) is 37.3 Å². The van der Waals surface area contributed by atoms with Crippen molar-refractivity contribution in [1.82, 2.24) is 9.88 Å². The van der Waals surface area contributed by atoms with Crippen LogP contribution in [0.4, 0.5) is 4.79 Å². The van der Waals surface area contributed by atoms with Crippen LogP contribution in [-0.4, -0.2) is 34.1 Å². The van der Waals surface area contributed by atoms with Gasteiger partial charge >= 0.3 is 6.09 Å². The van der Waals surface area contributed by atoms with Gasteiger partial charge in [-0.3, -0.25) is 9.59 Å². The van der Waals surface area contributed by atoms with Gasteiger partial charge in [0.15, 0.2) is 5.78 Å². The summed E-state index contributed by atoms with van der Waals surface area (Å²) in [5.74, 6) is -0.402. The van der Waals surface area contributed by atoms with Crippen molar-refractivity contribution in [3.05, 3.63) is 69.6 Å². The molecule has 0 saturated heterocycles. The molecule has 126 valence electrons. The molecule has 0 saturated carbocycles. The van der Waals surface area contributed by atoms with Crippen molar-refractivity contribution in [1.29, 1.82) is 0 Å². The first-order valence-corrected chi connectivity index (χ1v) is 7.73. The molecule has 2 aromatic rings. The molecule has 0 radical (unpaired) electrons. The Morgan fingerprint density at radius 3 is 2.42 bits per heavy atom. The quantitative estimate of drug-likeness (QED) is 0.793. The van der Waals surface area contributed by atoms with Crippen molar-refractivity contribution < 1.29 is 14.7 Å². The fourth-order valence-electron chi connectivity index (χ4n) is 2.60. The third-order valence-corrected chi connectivity index (χ3v) is 3.78. The normalized spacial score (nSPS) is 11.9. The molecule has 2 N–H and O–H groups in total. The van der Waals surface area contributed by atoms with Crippen molar-refractivity contribution in [2.24, 2.45) is 0 Å². The van der Waals surface area contributed by atoms with E-state index in [2.05, 4.69) is 5.32 Å². The lowest BCUT2D eigenvalue weighted by atomic mass is 9.98. The number of hydrogen-bond acceptors (Lipinski definition) is 4. The number of carboxylic acid groups (broad SMARTS) is 1. The molecule has 0 aliphatic carbocycles. The average Bonchev–Trinajstić information content (AvgIpc) is 2.54. The van der Waals surface area contributed by atoms with Gasteiger partial charge < -0.3 is 10.4 Å². The zero-order valence-corrected chi connectivity index (χ0v) is 13.7. The van der Waals surface area contributed by atoms with Gasteiger partial charge in [-0.25, -0.2) is 9.36 Å². The summed E-state index contributed by atoms with van der Waals surface area (Å²) in [6, 6.07) is 11.7. The van der Waals surface area contributed by atoms with Gasteiger partial charge in [0.05, 0.1) is 11.6 Å². The van der Waals surface area contributed by atoms with Crippen molar-refractivity contribution >= 4 is 11.9 Å². The van der Waals surface area contributed by atoms with E-state index in [9.17, 15) is 14.4 Å². The van der Waals surface area contributed by atoms with Gasteiger partial charge in [0.1, 0.15) is 0 Å². The van der Waals surface area contributed by atoms with Crippen LogP contribution in [0.2, 0.25) is 0 Å². The van der Waals surface area contributed by atoms with E-state index in [1.54, 1.807) is 0 Å². The minimum atomic E-state index is -1.39. The highest BCUT2D eigenvalue weighted by atomic mass is 16.4. The Hall–Kier alpha value is -2.73. The Kier molecular flexibility index (Phi) is 5.65. The van der Waals surface area contributed by atoms with Gasteiger partial charge in [-0.15, -0.1) is 0 Å². The number of aromatic nitrogens is 1. The molecule has 1 aromatic carbocycles. The topological polar surface area (TPSA) is 88.4 Å². The molecule has 0 spiro atoms. The highest BCUT2D eigenvalue weighted by molar-refractivity contribution is 6.00. The number of likely N-dealkylation sites (N-methyl/N-ethyl adjacent to an activating group) is 1. The maximum atomic E-state index is 12.8. The number of aryl methyl sites for hydroxylation is 1. The van der Waals surface area contributed by atoms with Crippen LogP contribution in [0.25, 0.3) is 0 Å². The summed E-state index contributed by atoms with van der Waals surface area (Å²) in [7, 11) is 0. The Morgan fingerprint density at radius 2 is 1.83 bits per heavy atom. The zero-order chi connectivity index (χ0) is 17.7. The Bertz CT molecular complexity index is 796. The predicted molar refractivity (Wildman–Crippen MR) is 90.8 cm³/mol. The lowest BCUT2D eigenvalue weighted by Gasteiger charge is -2.17. The second-order valence-corrected chi connectivity index (χ2v) is 5.48. The third-order valence-electron chi connectivity index (χ3n) is 3.78.